The highest BCUT2D eigenvalue weighted by molar-refractivity contribution is 7.14. The van der Waals surface area contributed by atoms with Crippen molar-refractivity contribution in [2.24, 2.45) is 0 Å². The van der Waals surface area contributed by atoms with Gasteiger partial charge >= 0.3 is 0 Å². The fourth-order valence-electron chi connectivity index (χ4n) is 2.10. The van der Waals surface area contributed by atoms with Crippen LogP contribution in [0.2, 0.25) is 0 Å². The van der Waals surface area contributed by atoms with Crippen molar-refractivity contribution < 1.29 is 9.90 Å². The van der Waals surface area contributed by atoms with Gasteiger partial charge in [0.1, 0.15) is 11.1 Å². The second-order valence-corrected chi connectivity index (χ2v) is 5.87. The molecule has 0 aromatic carbocycles. The summed E-state index contributed by atoms with van der Waals surface area (Å²) >= 11 is 1.37. The molecule has 2 N–H and O–H groups in total. The Hall–Kier alpha value is -1.42. The zero-order valence-corrected chi connectivity index (χ0v) is 12.2. The van der Waals surface area contributed by atoms with Crippen LogP contribution in [0, 0.1) is 11.3 Å². The first-order valence-electron chi connectivity index (χ1n) is 6.87. The number of amides is 1. The van der Waals surface area contributed by atoms with E-state index in [9.17, 15) is 4.79 Å². The van der Waals surface area contributed by atoms with Gasteiger partial charge < -0.3 is 10.4 Å². The lowest BCUT2D eigenvalue weighted by atomic mass is 10.3. The minimum absolute atomic E-state index is 0.0696. The van der Waals surface area contributed by atoms with E-state index in [0.717, 1.165) is 32.2 Å². The molecule has 0 unspecified atom stereocenters. The van der Waals surface area contributed by atoms with Gasteiger partial charge in [-0.2, -0.15) is 5.26 Å². The highest BCUT2D eigenvalue weighted by Gasteiger charge is 2.29. The summed E-state index contributed by atoms with van der Waals surface area (Å²) in [7, 11) is 0. The summed E-state index contributed by atoms with van der Waals surface area (Å²) in [6, 6.07) is 4.29. The van der Waals surface area contributed by atoms with E-state index in [1.54, 1.807) is 11.4 Å². The molecule has 1 aromatic rings. The minimum Gasteiger partial charge on any atom is -0.396 e. The number of unbranched alkanes of at least 4 members (excludes halogenated alkanes) is 1. The van der Waals surface area contributed by atoms with Gasteiger partial charge in [0, 0.05) is 12.6 Å². The number of thiophene rings is 1. The molecule has 6 heteroatoms. The molecule has 1 aromatic heterocycles. The van der Waals surface area contributed by atoms with E-state index in [0.29, 0.717) is 23.2 Å². The Morgan fingerprint density at radius 3 is 3.00 bits per heavy atom. The monoisotopic (exact) mass is 293 g/mol. The van der Waals surface area contributed by atoms with Gasteiger partial charge in [-0.25, -0.2) is 0 Å². The summed E-state index contributed by atoms with van der Waals surface area (Å²) in [5.74, 6) is -0.0696. The van der Waals surface area contributed by atoms with Crippen LogP contribution in [0.4, 0.5) is 5.00 Å². The lowest BCUT2D eigenvalue weighted by Crippen LogP contribution is -2.35. The third-order valence-corrected chi connectivity index (χ3v) is 4.13. The lowest BCUT2D eigenvalue weighted by Gasteiger charge is -2.20. The molecule has 1 heterocycles. The quantitative estimate of drug-likeness (QED) is 0.717. The summed E-state index contributed by atoms with van der Waals surface area (Å²) in [6.45, 7) is 1.40. The number of carbonyl (C=O) groups is 1. The predicted octanol–water partition coefficient (Wildman–Crippen LogP) is 1.80. The van der Waals surface area contributed by atoms with E-state index in [-0.39, 0.29) is 12.5 Å². The number of nitrogens with one attached hydrogen (secondary N) is 1. The number of anilines is 1. The van der Waals surface area contributed by atoms with Crippen LogP contribution in [0.3, 0.4) is 0 Å². The van der Waals surface area contributed by atoms with Gasteiger partial charge in [0.2, 0.25) is 5.91 Å². The van der Waals surface area contributed by atoms with Crippen LogP contribution in [-0.2, 0) is 4.79 Å². The third kappa shape index (κ3) is 4.30. The highest BCUT2D eigenvalue weighted by Crippen LogP contribution is 2.27. The summed E-state index contributed by atoms with van der Waals surface area (Å²) in [5.41, 5.74) is 0.515. The Bertz CT molecular complexity index is 491. The van der Waals surface area contributed by atoms with E-state index >= 15 is 0 Å². The van der Waals surface area contributed by atoms with Gasteiger partial charge in [0.25, 0.3) is 0 Å². The Morgan fingerprint density at radius 2 is 2.35 bits per heavy atom. The van der Waals surface area contributed by atoms with E-state index in [4.69, 9.17) is 10.4 Å². The maximum absolute atomic E-state index is 12.0. The van der Waals surface area contributed by atoms with Crippen LogP contribution < -0.4 is 5.32 Å². The summed E-state index contributed by atoms with van der Waals surface area (Å²) in [6.07, 6.45) is 3.97. The molecule has 0 radical (unpaired) electrons. The number of nitriles is 1. The highest BCUT2D eigenvalue weighted by atomic mass is 32.1. The number of hydrogen-bond donors (Lipinski definition) is 2. The Kier molecular flexibility index (Phi) is 5.53. The Morgan fingerprint density at radius 1 is 1.55 bits per heavy atom. The molecule has 0 aliphatic heterocycles. The molecule has 1 aliphatic rings. The summed E-state index contributed by atoms with van der Waals surface area (Å²) in [5, 5.41) is 23.0. The first-order chi connectivity index (χ1) is 9.74. The van der Waals surface area contributed by atoms with Gasteiger partial charge in [-0.15, -0.1) is 11.3 Å². The SMILES string of the molecule is N#Cc1ccsc1NC(=O)CN(CCCCO)C1CC1. The molecule has 20 heavy (non-hydrogen) atoms. The van der Waals surface area contributed by atoms with Crippen LogP contribution in [-0.4, -0.2) is 41.7 Å². The first kappa shape index (κ1) is 15.0. The molecule has 2 rings (SSSR count). The molecular weight excluding hydrogens is 274 g/mol. The number of hydrogen-bond acceptors (Lipinski definition) is 5. The second kappa shape index (κ2) is 7.39. The summed E-state index contributed by atoms with van der Waals surface area (Å²) < 4.78 is 0. The van der Waals surface area contributed by atoms with Crippen molar-refractivity contribution in [1.82, 2.24) is 4.90 Å². The Balaban J connectivity index is 1.84. The number of aliphatic hydroxyl groups is 1. The van der Waals surface area contributed by atoms with Gasteiger partial charge in [-0.05, 0) is 43.7 Å². The number of nitrogens with zero attached hydrogens (tertiary/aromatic N) is 2. The third-order valence-electron chi connectivity index (χ3n) is 3.30. The average Bonchev–Trinajstić information content (AvgIpc) is 3.19. The van der Waals surface area contributed by atoms with Crippen molar-refractivity contribution >= 4 is 22.2 Å². The maximum atomic E-state index is 12.0. The van der Waals surface area contributed by atoms with Crippen molar-refractivity contribution in [1.29, 1.82) is 5.26 Å². The van der Waals surface area contributed by atoms with E-state index in [1.807, 2.05) is 0 Å². The lowest BCUT2D eigenvalue weighted by molar-refractivity contribution is -0.117. The fourth-order valence-corrected chi connectivity index (χ4v) is 2.86. The molecule has 108 valence electrons. The molecule has 1 saturated carbocycles. The van der Waals surface area contributed by atoms with Gasteiger partial charge in [-0.1, -0.05) is 0 Å². The van der Waals surface area contributed by atoms with Crippen molar-refractivity contribution in [2.45, 2.75) is 31.7 Å². The van der Waals surface area contributed by atoms with Crippen LogP contribution >= 0.6 is 11.3 Å². The van der Waals surface area contributed by atoms with E-state index < -0.39 is 0 Å². The van der Waals surface area contributed by atoms with Gasteiger partial charge in [0.15, 0.2) is 0 Å². The number of carbonyl (C=O) groups excluding carboxylic acids is 1. The van der Waals surface area contributed by atoms with Crippen LogP contribution in [0.25, 0.3) is 0 Å². The minimum atomic E-state index is -0.0696. The fraction of sp³-hybridized carbons (Fsp3) is 0.571. The second-order valence-electron chi connectivity index (χ2n) is 4.96. The normalized spacial score (nSPS) is 14.2. The van der Waals surface area contributed by atoms with Crippen molar-refractivity contribution in [3.05, 3.63) is 17.0 Å². The number of aliphatic hydroxyl groups excluding tert-OH is 1. The van der Waals surface area contributed by atoms with Gasteiger partial charge in [0.05, 0.1) is 12.1 Å². The molecule has 1 fully saturated rings. The van der Waals surface area contributed by atoms with Crippen molar-refractivity contribution in [2.75, 3.05) is 25.0 Å². The smallest absolute Gasteiger partial charge is 0.239 e. The standard InChI is InChI=1S/C14H19N3O2S/c15-9-11-5-8-20-14(11)16-13(19)10-17(12-3-4-12)6-1-2-7-18/h5,8,12,18H,1-4,6-7,10H2,(H,16,19). The molecule has 0 spiro atoms. The molecule has 0 saturated heterocycles. The molecule has 1 aliphatic carbocycles. The van der Waals surface area contributed by atoms with Crippen LogP contribution in [0.15, 0.2) is 11.4 Å². The van der Waals surface area contributed by atoms with Gasteiger partial charge in [-0.3, -0.25) is 9.69 Å². The van der Waals surface area contributed by atoms with E-state index in [1.165, 1.54) is 11.3 Å². The Labute approximate surface area is 122 Å². The van der Waals surface area contributed by atoms with Crippen LogP contribution in [0.1, 0.15) is 31.2 Å². The van der Waals surface area contributed by atoms with Crippen LogP contribution in [0.5, 0.6) is 0 Å². The maximum Gasteiger partial charge on any atom is 0.239 e. The largest absolute Gasteiger partial charge is 0.396 e. The molecule has 0 atom stereocenters. The number of rotatable bonds is 8. The molecule has 1 amide bonds. The van der Waals surface area contributed by atoms with E-state index in [2.05, 4.69) is 16.3 Å². The zero-order chi connectivity index (χ0) is 14.4. The first-order valence-corrected chi connectivity index (χ1v) is 7.75. The molecular formula is C14H19N3O2S. The van der Waals surface area contributed by atoms with Crippen molar-refractivity contribution in [3.8, 4) is 6.07 Å². The zero-order valence-electron chi connectivity index (χ0n) is 11.3. The average molecular weight is 293 g/mol. The predicted molar refractivity (Wildman–Crippen MR) is 78.6 cm³/mol. The molecule has 0 bridgehead atoms. The molecule has 5 nitrogen and oxygen atoms in total. The topological polar surface area (TPSA) is 76.4 Å². The summed E-state index contributed by atoms with van der Waals surface area (Å²) in [4.78, 5) is 14.2. The van der Waals surface area contributed by atoms with Crippen molar-refractivity contribution in [3.63, 3.8) is 0 Å².